The number of benzene rings is 1. The van der Waals surface area contributed by atoms with E-state index in [0.717, 1.165) is 37.2 Å². The van der Waals surface area contributed by atoms with Crippen LogP contribution in [0.3, 0.4) is 0 Å². The number of rotatable bonds is 4. The number of nitrogens with one attached hydrogen (secondary N) is 1. The van der Waals surface area contributed by atoms with Gasteiger partial charge in [0.15, 0.2) is 0 Å². The number of carbonyl (C=O) groups is 2. The van der Waals surface area contributed by atoms with Gasteiger partial charge in [0.25, 0.3) is 5.91 Å². The summed E-state index contributed by atoms with van der Waals surface area (Å²) in [7, 11) is 2.09. The molecule has 1 aromatic rings. The summed E-state index contributed by atoms with van der Waals surface area (Å²) in [6.45, 7) is 6.85. The van der Waals surface area contributed by atoms with E-state index in [4.69, 9.17) is 0 Å². The monoisotopic (exact) mass is 303 g/mol. The van der Waals surface area contributed by atoms with Gasteiger partial charge in [-0.1, -0.05) is 12.1 Å². The molecule has 1 N–H and O–H groups in total. The number of nitrogens with zero attached hydrogens (tertiary/aromatic N) is 2. The first kappa shape index (κ1) is 16.5. The van der Waals surface area contributed by atoms with Gasteiger partial charge < -0.3 is 15.1 Å². The van der Waals surface area contributed by atoms with E-state index < -0.39 is 0 Å². The summed E-state index contributed by atoms with van der Waals surface area (Å²) in [5.41, 5.74) is 1.86. The van der Waals surface area contributed by atoms with Crippen molar-refractivity contribution in [1.82, 2.24) is 15.1 Å². The highest BCUT2D eigenvalue weighted by molar-refractivity contribution is 5.94. The average Bonchev–Trinajstić information content (AvgIpc) is 2.47. The Morgan fingerprint density at radius 2 is 1.91 bits per heavy atom. The Balaban J connectivity index is 1.94. The molecule has 0 radical (unpaired) electrons. The van der Waals surface area contributed by atoms with Crippen molar-refractivity contribution in [1.29, 1.82) is 0 Å². The summed E-state index contributed by atoms with van der Waals surface area (Å²) in [5, 5.41) is 2.77. The van der Waals surface area contributed by atoms with E-state index in [-0.39, 0.29) is 17.9 Å². The summed E-state index contributed by atoms with van der Waals surface area (Å²) in [6.07, 6.45) is 0.777. The van der Waals surface area contributed by atoms with Gasteiger partial charge in [-0.3, -0.25) is 9.59 Å². The van der Waals surface area contributed by atoms with E-state index in [9.17, 15) is 9.59 Å². The van der Waals surface area contributed by atoms with E-state index in [1.54, 1.807) is 0 Å². The minimum atomic E-state index is -0.0177. The van der Waals surface area contributed by atoms with Crippen molar-refractivity contribution in [3.63, 3.8) is 0 Å². The molecule has 0 saturated carbocycles. The lowest BCUT2D eigenvalue weighted by Gasteiger charge is -2.38. The standard InChI is InChI=1S/C17H25N3O2/c1-13-12-19(3)10-11-20(13)17(22)16-6-4-15(5-7-16)8-9-18-14(2)21/h4-7,13H,8-12H2,1-3H3,(H,18,21)/t13-/m0/s1. The highest BCUT2D eigenvalue weighted by Gasteiger charge is 2.26. The highest BCUT2D eigenvalue weighted by Crippen LogP contribution is 2.14. The van der Waals surface area contributed by atoms with Gasteiger partial charge >= 0.3 is 0 Å². The van der Waals surface area contributed by atoms with Gasteiger partial charge in [0, 0.05) is 44.7 Å². The normalized spacial score (nSPS) is 19.0. The molecule has 1 fully saturated rings. The molecule has 1 aliphatic rings. The summed E-state index contributed by atoms with van der Waals surface area (Å²) in [4.78, 5) is 27.6. The largest absolute Gasteiger partial charge is 0.356 e. The second-order valence-corrected chi connectivity index (χ2v) is 6.04. The third-order valence-corrected chi connectivity index (χ3v) is 4.08. The van der Waals surface area contributed by atoms with Crippen molar-refractivity contribution in [2.45, 2.75) is 26.3 Å². The second kappa shape index (κ2) is 7.40. The number of piperazine rings is 1. The summed E-state index contributed by atoms with van der Waals surface area (Å²) >= 11 is 0. The molecule has 5 nitrogen and oxygen atoms in total. The van der Waals surface area contributed by atoms with Gasteiger partial charge in [-0.15, -0.1) is 0 Å². The van der Waals surface area contributed by atoms with Crippen molar-refractivity contribution in [2.75, 3.05) is 33.2 Å². The van der Waals surface area contributed by atoms with Crippen LogP contribution in [0, 0.1) is 0 Å². The van der Waals surface area contributed by atoms with Crippen LogP contribution in [0.4, 0.5) is 0 Å². The zero-order chi connectivity index (χ0) is 16.1. The molecule has 0 bridgehead atoms. The van der Waals surface area contributed by atoms with E-state index in [1.807, 2.05) is 29.2 Å². The predicted octanol–water partition coefficient (Wildman–Crippen LogP) is 1.14. The molecule has 0 unspecified atom stereocenters. The van der Waals surface area contributed by atoms with Gasteiger partial charge in [-0.05, 0) is 38.1 Å². The number of hydrogen-bond acceptors (Lipinski definition) is 3. The zero-order valence-electron chi connectivity index (χ0n) is 13.6. The Morgan fingerprint density at radius 1 is 1.23 bits per heavy atom. The third kappa shape index (κ3) is 4.31. The minimum Gasteiger partial charge on any atom is -0.356 e. The Labute approximate surface area is 132 Å². The van der Waals surface area contributed by atoms with Gasteiger partial charge in [0.05, 0.1) is 0 Å². The Morgan fingerprint density at radius 3 is 2.50 bits per heavy atom. The van der Waals surface area contributed by atoms with Crippen molar-refractivity contribution < 1.29 is 9.59 Å². The molecule has 120 valence electrons. The molecular weight excluding hydrogens is 278 g/mol. The van der Waals surface area contributed by atoms with Crippen molar-refractivity contribution in [2.24, 2.45) is 0 Å². The topological polar surface area (TPSA) is 52.7 Å². The fraction of sp³-hybridized carbons (Fsp3) is 0.529. The third-order valence-electron chi connectivity index (χ3n) is 4.08. The molecule has 1 heterocycles. The number of amides is 2. The Bertz CT molecular complexity index is 527. The molecule has 0 aromatic heterocycles. The predicted molar refractivity (Wildman–Crippen MR) is 86.8 cm³/mol. The van der Waals surface area contributed by atoms with Crippen LogP contribution in [-0.2, 0) is 11.2 Å². The molecule has 22 heavy (non-hydrogen) atoms. The van der Waals surface area contributed by atoms with E-state index in [0.29, 0.717) is 6.54 Å². The smallest absolute Gasteiger partial charge is 0.254 e. The van der Waals surface area contributed by atoms with Crippen molar-refractivity contribution >= 4 is 11.8 Å². The molecular formula is C17H25N3O2. The Hall–Kier alpha value is -1.88. The highest BCUT2D eigenvalue weighted by atomic mass is 16.2. The van der Waals surface area contributed by atoms with Crippen LogP contribution in [-0.4, -0.2) is 60.9 Å². The van der Waals surface area contributed by atoms with E-state index >= 15 is 0 Å². The maximum atomic E-state index is 12.6. The lowest BCUT2D eigenvalue weighted by atomic mass is 10.1. The SMILES string of the molecule is CC(=O)NCCc1ccc(C(=O)N2CCN(C)C[C@@H]2C)cc1. The van der Waals surface area contributed by atoms with Crippen LogP contribution in [0.15, 0.2) is 24.3 Å². The summed E-state index contributed by atoms with van der Waals surface area (Å²) in [6, 6.07) is 7.95. The minimum absolute atomic E-state index is 0.0177. The average molecular weight is 303 g/mol. The van der Waals surface area contributed by atoms with E-state index in [1.165, 1.54) is 6.92 Å². The molecule has 5 heteroatoms. The molecule has 1 aromatic carbocycles. The summed E-state index contributed by atoms with van der Waals surface area (Å²) in [5.74, 6) is 0.0878. The van der Waals surface area contributed by atoms with Crippen LogP contribution in [0.5, 0.6) is 0 Å². The van der Waals surface area contributed by atoms with Crippen molar-refractivity contribution in [3.8, 4) is 0 Å². The lowest BCUT2D eigenvalue weighted by molar-refractivity contribution is -0.118. The first-order valence-electron chi connectivity index (χ1n) is 7.80. The lowest BCUT2D eigenvalue weighted by Crippen LogP contribution is -2.52. The molecule has 0 aliphatic carbocycles. The van der Waals surface area contributed by atoms with Gasteiger partial charge in [0.1, 0.15) is 0 Å². The quantitative estimate of drug-likeness (QED) is 0.907. The molecule has 1 aliphatic heterocycles. The van der Waals surface area contributed by atoms with Crippen LogP contribution >= 0.6 is 0 Å². The zero-order valence-corrected chi connectivity index (χ0v) is 13.6. The first-order valence-corrected chi connectivity index (χ1v) is 7.80. The van der Waals surface area contributed by atoms with Crippen LogP contribution < -0.4 is 5.32 Å². The molecule has 0 spiro atoms. The van der Waals surface area contributed by atoms with Crippen molar-refractivity contribution in [3.05, 3.63) is 35.4 Å². The molecule has 1 atom stereocenters. The van der Waals surface area contributed by atoms with E-state index in [2.05, 4.69) is 24.2 Å². The molecule has 2 amide bonds. The molecule has 1 saturated heterocycles. The van der Waals surface area contributed by atoms with Gasteiger partial charge in [0.2, 0.25) is 5.91 Å². The Kier molecular flexibility index (Phi) is 5.55. The second-order valence-electron chi connectivity index (χ2n) is 6.04. The number of likely N-dealkylation sites (N-methyl/N-ethyl adjacent to an activating group) is 1. The maximum Gasteiger partial charge on any atom is 0.254 e. The fourth-order valence-electron chi connectivity index (χ4n) is 2.80. The van der Waals surface area contributed by atoms with Crippen LogP contribution in [0.25, 0.3) is 0 Å². The molecule has 2 rings (SSSR count). The number of carbonyl (C=O) groups excluding carboxylic acids is 2. The van der Waals surface area contributed by atoms with Gasteiger partial charge in [-0.2, -0.15) is 0 Å². The number of hydrogen-bond donors (Lipinski definition) is 1. The maximum absolute atomic E-state index is 12.6. The van der Waals surface area contributed by atoms with Crippen LogP contribution in [0.2, 0.25) is 0 Å². The van der Waals surface area contributed by atoms with Gasteiger partial charge in [-0.25, -0.2) is 0 Å². The first-order chi connectivity index (χ1) is 10.5. The van der Waals surface area contributed by atoms with Crippen LogP contribution in [0.1, 0.15) is 29.8 Å². The summed E-state index contributed by atoms with van der Waals surface area (Å²) < 4.78 is 0. The fourth-order valence-corrected chi connectivity index (χ4v) is 2.80.